The van der Waals surface area contributed by atoms with Crippen LogP contribution in [0.15, 0.2) is 0 Å². The van der Waals surface area contributed by atoms with Gasteiger partial charge in [0.05, 0.1) is 11.9 Å². The fourth-order valence-corrected chi connectivity index (χ4v) is 4.39. The van der Waals surface area contributed by atoms with Gasteiger partial charge in [0.2, 0.25) is 10.0 Å². The summed E-state index contributed by atoms with van der Waals surface area (Å²) in [4.78, 5) is 0. The van der Waals surface area contributed by atoms with E-state index in [0.29, 0.717) is 18.4 Å². The van der Waals surface area contributed by atoms with Gasteiger partial charge in [0, 0.05) is 6.61 Å². The second-order valence-corrected chi connectivity index (χ2v) is 8.42. The zero-order chi connectivity index (χ0) is 13.6. The molecule has 3 unspecified atom stereocenters. The lowest BCUT2D eigenvalue weighted by atomic mass is 9.70. The Hall–Kier alpha value is -0.130. The third-order valence-corrected chi connectivity index (χ3v) is 6.46. The molecule has 5 heteroatoms. The van der Waals surface area contributed by atoms with E-state index in [1.807, 2.05) is 0 Å². The highest BCUT2D eigenvalue weighted by Crippen LogP contribution is 2.66. The maximum atomic E-state index is 10.8. The number of fused-ring (bicyclic) bond motifs is 2. The van der Waals surface area contributed by atoms with Crippen molar-refractivity contribution >= 4 is 10.0 Å². The van der Waals surface area contributed by atoms with E-state index in [4.69, 9.17) is 9.88 Å². The SMILES string of the molecule is CC1(C)C2CCC1(C)C(OCCCS(N)(=O)=O)C2. The van der Waals surface area contributed by atoms with Crippen LogP contribution in [0.4, 0.5) is 0 Å². The Bertz CT molecular complexity index is 418. The van der Waals surface area contributed by atoms with E-state index < -0.39 is 10.0 Å². The molecule has 0 aromatic heterocycles. The first-order chi connectivity index (χ1) is 8.17. The average molecular weight is 275 g/mol. The summed E-state index contributed by atoms with van der Waals surface area (Å²) >= 11 is 0. The number of rotatable bonds is 5. The smallest absolute Gasteiger partial charge is 0.209 e. The third kappa shape index (κ3) is 2.32. The molecule has 18 heavy (non-hydrogen) atoms. The summed E-state index contributed by atoms with van der Waals surface area (Å²) in [6, 6.07) is 0. The number of hydrogen-bond acceptors (Lipinski definition) is 3. The fraction of sp³-hybridized carbons (Fsp3) is 1.00. The predicted octanol–water partition coefficient (Wildman–Crippen LogP) is 1.90. The molecular formula is C13H25NO3S. The molecule has 0 aromatic rings. The highest BCUT2D eigenvalue weighted by Gasteiger charge is 2.61. The fourth-order valence-electron chi connectivity index (χ4n) is 3.87. The van der Waals surface area contributed by atoms with Crippen LogP contribution in [0, 0.1) is 16.7 Å². The molecule has 2 aliphatic rings. The molecule has 106 valence electrons. The normalized spacial score (nSPS) is 38.2. The van der Waals surface area contributed by atoms with Gasteiger partial charge in [-0.3, -0.25) is 0 Å². The molecule has 0 aromatic carbocycles. The zero-order valence-electron chi connectivity index (χ0n) is 11.6. The first-order valence-corrected chi connectivity index (χ1v) is 8.50. The van der Waals surface area contributed by atoms with Crippen molar-refractivity contribution in [3.8, 4) is 0 Å². The van der Waals surface area contributed by atoms with Gasteiger partial charge in [-0.1, -0.05) is 20.8 Å². The highest BCUT2D eigenvalue weighted by atomic mass is 32.2. The van der Waals surface area contributed by atoms with Crippen LogP contribution >= 0.6 is 0 Å². The lowest BCUT2D eigenvalue weighted by Crippen LogP contribution is -2.37. The topological polar surface area (TPSA) is 69.4 Å². The highest BCUT2D eigenvalue weighted by molar-refractivity contribution is 7.89. The summed E-state index contributed by atoms with van der Waals surface area (Å²) < 4.78 is 27.6. The quantitative estimate of drug-likeness (QED) is 0.779. The first kappa shape index (κ1) is 14.3. The first-order valence-electron chi connectivity index (χ1n) is 6.79. The van der Waals surface area contributed by atoms with E-state index in [1.54, 1.807) is 0 Å². The van der Waals surface area contributed by atoms with Gasteiger partial charge in [0.15, 0.2) is 0 Å². The maximum absolute atomic E-state index is 10.8. The molecule has 0 radical (unpaired) electrons. The Kier molecular flexibility index (Phi) is 3.54. The number of hydrogen-bond donors (Lipinski definition) is 1. The minimum atomic E-state index is -3.35. The van der Waals surface area contributed by atoms with Crippen LogP contribution < -0.4 is 5.14 Å². The summed E-state index contributed by atoms with van der Waals surface area (Å²) in [5, 5.41) is 4.98. The van der Waals surface area contributed by atoms with Gasteiger partial charge < -0.3 is 4.74 Å². The summed E-state index contributed by atoms with van der Waals surface area (Å²) in [7, 11) is -3.35. The van der Waals surface area contributed by atoms with Gasteiger partial charge in [0.1, 0.15) is 0 Å². The van der Waals surface area contributed by atoms with Crippen molar-refractivity contribution in [1.29, 1.82) is 0 Å². The third-order valence-electron chi connectivity index (χ3n) is 5.61. The molecule has 2 bridgehead atoms. The van der Waals surface area contributed by atoms with Crippen molar-refractivity contribution in [2.24, 2.45) is 21.9 Å². The molecule has 0 amide bonds. The number of primary sulfonamides is 1. The van der Waals surface area contributed by atoms with E-state index in [9.17, 15) is 8.42 Å². The Balaban J connectivity index is 1.86. The minimum Gasteiger partial charge on any atom is -0.378 e. The molecule has 2 fully saturated rings. The van der Waals surface area contributed by atoms with Crippen LogP contribution in [0.25, 0.3) is 0 Å². The molecule has 4 nitrogen and oxygen atoms in total. The van der Waals surface area contributed by atoms with Crippen LogP contribution in [0.5, 0.6) is 0 Å². The van der Waals surface area contributed by atoms with Gasteiger partial charge in [-0.2, -0.15) is 0 Å². The largest absolute Gasteiger partial charge is 0.378 e. The standard InChI is InChI=1S/C13H25NO3S/c1-12(2)10-5-6-13(12,3)11(9-10)17-7-4-8-18(14,15)16/h10-11H,4-9H2,1-3H3,(H2,14,15,16). The Morgan fingerprint density at radius 3 is 2.44 bits per heavy atom. The number of sulfonamides is 1. The van der Waals surface area contributed by atoms with Crippen molar-refractivity contribution in [1.82, 2.24) is 0 Å². The molecule has 2 aliphatic carbocycles. The van der Waals surface area contributed by atoms with Crippen LogP contribution in [-0.4, -0.2) is 26.9 Å². The minimum absolute atomic E-state index is 0.0171. The second kappa shape index (κ2) is 4.46. The Labute approximate surface area is 110 Å². The molecule has 0 spiro atoms. The molecule has 0 heterocycles. The average Bonchev–Trinajstić information content (AvgIpc) is 2.55. The lowest BCUT2D eigenvalue weighted by Gasteiger charge is -2.38. The summed E-state index contributed by atoms with van der Waals surface area (Å²) in [5.41, 5.74) is 0.594. The van der Waals surface area contributed by atoms with Crippen molar-refractivity contribution in [2.45, 2.75) is 52.6 Å². The molecule has 0 saturated heterocycles. The van der Waals surface area contributed by atoms with E-state index in [1.165, 1.54) is 12.8 Å². The predicted molar refractivity (Wildman–Crippen MR) is 71.6 cm³/mol. The van der Waals surface area contributed by atoms with Crippen LogP contribution in [0.3, 0.4) is 0 Å². The monoisotopic (exact) mass is 275 g/mol. The number of nitrogens with two attached hydrogens (primary N) is 1. The molecule has 2 rings (SSSR count). The van der Waals surface area contributed by atoms with E-state index >= 15 is 0 Å². The molecule has 3 atom stereocenters. The van der Waals surface area contributed by atoms with Crippen molar-refractivity contribution in [3.05, 3.63) is 0 Å². The van der Waals surface area contributed by atoms with Gasteiger partial charge in [-0.15, -0.1) is 0 Å². The Morgan fingerprint density at radius 2 is 2.00 bits per heavy atom. The molecule has 2 N–H and O–H groups in total. The van der Waals surface area contributed by atoms with Gasteiger partial charge in [0.25, 0.3) is 0 Å². The van der Waals surface area contributed by atoms with E-state index in [2.05, 4.69) is 20.8 Å². The van der Waals surface area contributed by atoms with Crippen molar-refractivity contribution in [3.63, 3.8) is 0 Å². The molecule has 0 aliphatic heterocycles. The zero-order valence-corrected chi connectivity index (χ0v) is 12.4. The summed E-state index contributed by atoms with van der Waals surface area (Å²) in [5.74, 6) is 0.772. The van der Waals surface area contributed by atoms with E-state index in [0.717, 1.165) is 12.3 Å². The van der Waals surface area contributed by atoms with Crippen LogP contribution in [-0.2, 0) is 14.8 Å². The summed E-state index contributed by atoms with van der Waals surface area (Å²) in [6.45, 7) is 7.51. The van der Waals surface area contributed by atoms with Gasteiger partial charge in [-0.05, 0) is 42.4 Å². The lowest BCUT2D eigenvalue weighted by molar-refractivity contribution is -0.0459. The van der Waals surface area contributed by atoms with Crippen LogP contribution in [0.2, 0.25) is 0 Å². The van der Waals surface area contributed by atoms with Gasteiger partial charge in [-0.25, -0.2) is 13.6 Å². The summed E-state index contributed by atoms with van der Waals surface area (Å²) in [6.07, 6.45) is 4.44. The molecule has 2 saturated carbocycles. The molecular weight excluding hydrogens is 250 g/mol. The number of ether oxygens (including phenoxy) is 1. The second-order valence-electron chi connectivity index (χ2n) is 6.69. The van der Waals surface area contributed by atoms with Crippen LogP contribution in [0.1, 0.15) is 46.5 Å². The maximum Gasteiger partial charge on any atom is 0.209 e. The van der Waals surface area contributed by atoms with Crippen molar-refractivity contribution in [2.75, 3.05) is 12.4 Å². The van der Waals surface area contributed by atoms with E-state index in [-0.39, 0.29) is 17.3 Å². The van der Waals surface area contributed by atoms with Gasteiger partial charge >= 0.3 is 0 Å². The van der Waals surface area contributed by atoms with Crippen molar-refractivity contribution < 1.29 is 13.2 Å². The Morgan fingerprint density at radius 1 is 1.33 bits per heavy atom.